The molecule has 1 fully saturated rings. The van der Waals surface area contributed by atoms with Crippen molar-refractivity contribution in [1.29, 1.82) is 0 Å². The van der Waals surface area contributed by atoms with E-state index in [2.05, 4.69) is 39.3 Å². The molecule has 1 aliphatic carbocycles. The Kier molecular flexibility index (Phi) is 7.42. The molecule has 4 nitrogen and oxygen atoms in total. The van der Waals surface area contributed by atoms with E-state index < -0.39 is 0 Å². The molecule has 0 amide bonds. The zero-order valence-electron chi connectivity index (χ0n) is 16.4. The van der Waals surface area contributed by atoms with Gasteiger partial charge in [-0.2, -0.15) is 0 Å². The van der Waals surface area contributed by atoms with Crippen LogP contribution < -0.4 is 5.32 Å². The molecule has 0 saturated heterocycles. The third-order valence-electron chi connectivity index (χ3n) is 5.13. The van der Waals surface area contributed by atoms with Gasteiger partial charge in [-0.25, -0.2) is 4.79 Å². The van der Waals surface area contributed by atoms with Crippen molar-refractivity contribution >= 4 is 22.6 Å². The van der Waals surface area contributed by atoms with Gasteiger partial charge in [0.05, 0.1) is 23.9 Å². The van der Waals surface area contributed by atoms with Gasteiger partial charge < -0.3 is 10.1 Å². The largest absolute Gasteiger partial charge is 0.465 e. The minimum atomic E-state index is -0.291. The van der Waals surface area contributed by atoms with Crippen LogP contribution in [0.5, 0.6) is 0 Å². The summed E-state index contributed by atoms with van der Waals surface area (Å²) in [6.45, 7) is 1.09. The van der Waals surface area contributed by atoms with E-state index in [9.17, 15) is 4.79 Å². The number of fused-ring (bicyclic) bond motifs is 1. The smallest absolute Gasteiger partial charge is 0.337 e. The second kappa shape index (κ2) is 10.5. The van der Waals surface area contributed by atoms with Crippen LogP contribution in [-0.2, 0) is 4.74 Å². The van der Waals surface area contributed by atoms with E-state index in [0.717, 1.165) is 18.0 Å². The summed E-state index contributed by atoms with van der Waals surface area (Å²) < 4.78 is 4.50. The van der Waals surface area contributed by atoms with Crippen molar-refractivity contribution in [3.8, 4) is 0 Å². The number of hydrogen-bond acceptors (Lipinski definition) is 4. The van der Waals surface area contributed by atoms with Crippen molar-refractivity contribution < 1.29 is 9.53 Å². The third-order valence-corrected chi connectivity index (χ3v) is 5.13. The maximum atomic E-state index is 10.8. The van der Waals surface area contributed by atoms with Crippen LogP contribution in [0.15, 0.2) is 66.9 Å². The molecule has 3 aromatic rings. The number of hydrogen-bond donors (Lipinski definition) is 1. The lowest BCUT2D eigenvalue weighted by Crippen LogP contribution is -2.17. The van der Waals surface area contributed by atoms with Crippen LogP contribution >= 0.6 is 0 Å². The standard InChI is InChI=1S/C16H20N2.C8H8O2/c1-2-6-13(7-3-1)12-18-15-10-4-8-14-9-5-11-17-16(14)15;1-10-8(9)7-5-3-2-4-6-7/h4-5,8-11,13,18H,1-3,6-7,12H2;2-6H,1H3. The normalized spacial score (nSPS) is 14.0. The molecule has 4 heteroatoms. The summed E-state index contributed by atoms with van der Waals surface area (Å²) in [6.07, 6.45) is 8.86. The van der Waals surface area contributed by atoms with Gasteiger partial charge in [0.1, 0.15) is 0 Å². The van der Waals surface area contributed by atoms with Crippen molar-refractivity contribution in [3.05, 3.63) is 72.4 Å². The van der Waals surface area contributed by atoms with E-state index in [0.29, 0.717) is 5.56 Å². The lowest BCUT2D eigenvalue weighted by Gasteiger charge is -2.22. The van der Waals surface area contributed by atoms with Crippen LogP contribution in [0.1, 0.15) is 42.5 Å². The Balaban J connectivity index is 0.000000192. The lowest BCUT2D eigenvalue weighted by atomic mass is 9.89. The molecule has 1 saturated carbocycles. The maximum Gasteiger partial charge on any atom is 0.337 e. The molecule has 0 unspecified atom stereocenters. The number of pyridine rings is 1. The summed E-state index contributed by atoms with van der Waals surface area (Å²) in [5, 5.41) is 4.81. The number of carbonyl (C=O) groups excluding carboxylic acids is 1. The van der Waals surface area contributed by atoms with Gasteiger partial charge in [-0.05, 0) is 43.0 Å². The molecule has 4 rings (SSSR count). The Morgan fingerprint density at radius 2 is 1.75 bits per heavy atom. The summed E-state index contributed by atoms with van der Waals surface area (Å²) in [5.74, 6) is 0.554. The highest BCUT2D eigenvalue weighted by Gasteiger charge is 2.13. The van der Waals surface area contributed by atoms with E-state index in [-0.39, 0.29) is 5.97 Å². The Bertz CT molecular complexity index is 869. The molecule has 0 radical (unpaired) electrons. The van der Waals surface area contributed by atoms with Crippen molar-refractivity contribution in [2.45, 2.75) is 32.1 Å². The fourth-order valence-electron chi connectivity index (χ4n) is 3.58. The quantitative estimate of drug-likeness (QED) is 0.593. The molecule has 1 N–H and O–H groups in total. The molecule has 146 valence electrons. The van der Waals surface area contributed by atoms with Gasteiger partial charge >= 0.3 is 5.97 Å². The Morgan fingerprint density at radius 1 is 1.00 bits per heavy atom. The van der Waals surface area contributed by atoms with Crippen LogP contribution in [0, 0.1) is 5.92 Å². The number of nitrogens with one attached hydrogen (secondary N) is 1. The highest BCUT2D eigenvalue weighted by Crippen LogP contribution is 2.26. The zero-order valence-corrected chi connectivity index (χ0v) is 16.4. The van der Waals surface area contributed by atoms with Gasteiger partial charge in [-0.3, -0.25) is 4.98 Å². The summed E-state index contributed by atoms with van der Waals surface area (Å²) >= 11 is 0. The lowest BCUT2D eigenvalue weighted by molar-refractivity contribution is 0.0600. The Morgan fingerprint density at radius 3 is 2.50 bits per heavy atom. The van der Waals surface area contributed by atoms with Gasteiger partial charge in [0.2, 0.25) is 0 Å². The number of esters is 1. The molecule has 1 aromatic heterocycles. The number of aromatic nitrogens is 1. The van der Waals surface area contributed by atoms with Gasteiger partial charge in [0.15, 0.2) is 0 Å². The van der Waals surface area contributed by atoms with Gasteiger partial charge in [-0.1, -0.05) is 55.7 Å². The molecule has 2 aromatic carbocycles. The molecule has 1 aliphatic rings. The first kappa shape index (κ1) is 19.9. The second-order valence-electron chi connectivity index (χ2n) is 7.12. The van der Waals surface area contributed by atoms with Crippen LogP contribution in [0.3, 0.4) is 0 Å². The SMILES string of the molecule is COC(=O)c1ccccc1.c1cnc2c(NCC3CCCCC3)cccc2c1. The number of para-hydroxylation sites is 1. The fraction of sp³-hybridized carbons (Fsp3) is 0.333. The number of rotatable bonds is 4. The van der Waals surface area contributed by atoms with E-state index in [4.69, 9.17) is 0 Å². The predicted molar refractivity (Wildman–Crippen MR) is 115 cm³/mol. The minimum Gasteiger partial charge on any atom is -0.465 e. The summed E-state index contributed by atoms with van der Waals surface area (Å²) in [4.78, 5) is 15.3. The molecular formula is C24H28N2O2. The zero-order chi connectivity index (χ0) is 19.6. The van der Waals surface area contributed by atoms with Crippen molar-refractivity contribution in [1.82, 2.24) is 4.98 Å². The topological polar surface area (TPSA) is 51.2 Å². The van der Waals surface area contributed by atoms with Crippen molar-refractivity contribution in [2.75, 3.05) is 19.0 Å². The highest BCUT2D eigenvalue weighted by atomic mass is 16.5. The predicted octanol–water partition coefficient (Wildman–Crippen LogP) is 5.70. The number of ether oxygens (including phenoxy) is 1. The number of benzene rings is 2. The number of anilines is 1. The fourth-order valence-corrected chi connectivity index (χ4v) is 3.58. The maximum absolute atomic E-state index is 10.8. The average Bonchev–Trinajstić information content (AvgIpc) is 2.79. The van der Waals surface area contributed by atoms with Crippen LogP contribution in [0.2, 0.25) is 0 Å². The molecule has 28 heavy (non-hydrogen) atoms. The van der Waals surface area contributed by atoms with Crippen LogP contribution in [-0.4, -0.2) is 24.6 Å². The first-order valence-corrected chi connectivity index (χ1v) is 9.99. The average molecular weight is 377 g/mol. The van der Waals surface area contributed by atoms with Crippen molar-refractivity contribution in [3.63, 3.8) is 0 Å². The third kappa shape index (κ3) is 5.56. The van der Waals surface area contributed by atoms with E-state index in [1.54, 1.807) is 24.3 Å². The first-order valence-electron chi connectivity index (χ1n) is 9.99. The molecular weight excluding hydrogens is 348 g/mol. The monoisotopic (exact) mass is 376 g/mol. The highest BCUT2D eigenvalue weighted by molar-refractivity contribution is 5.90. The van der Waals surface area contributed by atoms with Crippen LogP contribution in [0.4, 0.5) is 5.69 Å². The molecule has 0 bridgehead atoms. The van der Waals surface area contributed by atoms with E-state index in [1.165, 1.54) is 50.3 Å². The molecule has 0 aliphatic heterocycles. The molecule has 0 atom stereocenters. The van der Waals surface area contributed by atoms with Gasteiger partial charge in [0.25, 0.3) is 0 Å². The van der Waals surface area contributed by atoms with Crippen LogP contribution in [0.25, 0.3) is 10.9 Å². The molecule has 1 heterocycles. The number of carbonyl (C=O) groups is 1. The minimum absolute atomic E-state index is 0.291. The van der Waals surface area contributed by atoms with Gasteiger partial charge in [0, 0.05) is 18.1 Å². The second-order valence-corrected chi connectivity index (χ2v) is 7.12. The summed E-state index contributed by atoms with van der Waals surface area (Å²) in [7, 11) is 1.37. The van der Waals surface area contributed by atoms with E-state index in [1.807, 2.05) is 18.3 Å². The first-order chi connectivity index (χ1) is 13.8. The Hall–Kier alpha value is -2.88. The Labute approximate surface area is 166 Å². The van der Waals surface area contributed by atoms with E-state index >= 15 is 0 Å². The number of methoxy groups -OCH3 is 1. The molecule has 0 spiro atoms. The number of nitrogens with zero attached hydrogens (tertiary/aromatic N) is 1. The summed E-state index contributed by atoms with van der Waals surface area (Å²) in [6, 6.07) is 19.4. The van der Waals surface area contributed by atoms with Gasteiger partial charge in [-0.15, -0.1) is 0 Å². The summed E-state index contributed by atoms with van der Waals surface area (Å²) in [5.41, 5.74) is 2.86. The van der Waals surface area contributed by atoms with Crippen molar-refractivity contribution in [2.24, 2.45) is 5.92 Å².